The molecule has 0 radical (unpaired) electrons. The summed E-state index contributed by atoms with van der Waals surface area (Å²) in [6.45, 7) is 32.6. The molecule has 0 aromatic carbocycles. The van der Waals surface area contributed by atoms with Crippen LogP contribution in [-0.4, -0.2) is 184 Å². The van der Waals surface area contributed by atoms with Crippen molar-refractivity contribution >= 4 is 64.8 Å². The normalized spacial score (nSPS) is 32.4. The van der Waals surface area contributed by atoms with Gasteiger partial charge in [-0.25, -0.2) is 0 Å². The van der Waals surface area contributed by atoms with Gasteiger partial charge in [0.25, 0.3) is 0 Å². The van der Waals surface area contributed by atoms with Crippen molar-refractivity contribution in [1.82, 2.24) is 0 Å². The van der Waals surface area contributed by atoms with Crippen LogP contribution < -0.4 is 0 Å². The fourth-order valence-corrected chi connectivity index (χ4v) is 27.8. The summed E-state index contributed by atoms with van der Waals surface area (Å²) in [7, 11) is 3.47. The Labute approximate surface area is 583 Å². The molecule has 0 bridgehead atoms. The van der Waals surface area contributed by atoms with Gasteiger partial charge in [0.05, 0.1) is 43.4 Å². The number of unbranched alkanes of at least 4 members (excludes halogenated alkanes) is 3. The summed E-state index contributed by atoms with van der Waals surface area (Å²) in [5.74, 6) is -2.06. The maximum absolute atomic E-state index is 12.6. The largest absolute Gasteiger partial charge is 0.457 e. The van der Waals surface area contributed by atoms with E-state index in [2.05, 4.69) is 88.1 Å². The zero-order chi connectivity index (χ0) is 71.3. The van der Waals surface area contributed by atoms with E-state index >= 15 is 0 Å². The first kappa shape index (κ1) is 87.5. The van der Waals surface area contributed by atoms with Gasteiger partial charge in [0, 0.05) is 44.6 Å². The van der Waals surface area contributed by atoms with Gasteiger partial charge in [-0.1, -0.05) is 87.6 Å². The van der Waals surface area contributed by atoms with Gasteiger partial charge < -0.3 is 54.0 Å². The number of halogens is 1. The smallest absolute Gasteiger partial charge is 0.309 e. The van der Waals surface area contributed by atoms with Crippen molar-refractivity contribution in [3.8, 4) is 0 Å². The number of aliphatic hydroxyl groups excluding tert-OH is 4. The van der Waals surface area contributed by atoms with Crippen LogP contribution in [-0.2, 0) is 57.1 Å². The number of carbonyl (C=O) groups is 4. The topological polar surface area (TPSA) is 270 Å². The van der Waals surface area contributed by atoms with E-state index < -0.39 is 102 Å². The summed E-state index contributed by atoms with van der Waals surface area (Å²) in [4.78, 5) is 47.8. The van der Waals surface area contributed by atoms with Crippen molar-refractivity contribution in [2.45, 2.75) is 318 Å². The Morgan fingerprint density at radius 1 is 0.628 bits per heavy atom. The summed E-state index contributed by atoms with van der Waals surface area (Å²) >= 11 is -0.195. The number of rotatable bonds is 29. The second-order valence-corrected chi connectivity index (χ2v) is 41.6. The summed E-state index contributed by atoms with van der Waals surface area (Å²) in [5.41, 5.74) is -1.15. The van der Waals surface area contributed by atoms with E-state index in [9.17, 15) is 49.8 Å². The zero-order valence-electron chi connectivity index (χ0n) is 60.8. The van der Waals surface area contributed by atoms with Gasteiger partial charge in [-0.15, -0.1) is 0 Å². The second kappa shape index (κ2) is 43.9. The number of aliphatic hydroxyl groups is 6. The first-order valence-corrected chi connectivity index (χ1v) is 44.1. The monoisotopic (exact) mass is 1550 g/mol. The number of allylic oxidation sites excluding steroid dienone is 2. The molecule has 4 heterocycles. The third kappa shape index (κ3) is 30.1. The number of epoxide rings is 2. The van der Waals surface area contributed by atoms with Crippen molar-refractivity contribution in [2.75, 3.05) is 14.2 Å². The van der Waals surface area contributed by atoms with E-state index in [1.165, 1.54) is 65.7 Å². The predicted molar refractivity (Wildman–Crippen MR) is 381 cm³/mol. The third-order valence-corrected chi connectivity index (χ3v) is 34.5. The summed E-state index contributed by atoms with van der Waals surface area (Å²) in [5, 5.41) is 63.8. The number of carbonyl (C=O) groups excluding carboxylic acids is 4. The van der Waals surface area contributed by atoms with Crippen molar-refractivity contribution in [3.63, 3.8) is 0 Å². The van der Waals surface area contributed by atoms with Crippen LogP contribution in [0.15, 0.2) is 67.9 Å². The van der Waals surface area contributed by atoms with E-state index in [0.29, 0.717) is 5.92 Å². The summed E-state index contributed by atoms with van der Waals surface area (Å²) in [6.07, 6.45) is 19.1. The Balaban J connectivity index is 0.000000496. The van der Waals surface area contributed by atoms with Gasteiger partial charge in [0.2, 0.25) is 0 Å². The van der Waals surface area contributed by atoms with Crippen LogP contribution in [0.2, 0.25) is 13.3 Å². The number of esters is 4. The Hall–Kier alpha value is -2.55. The Morgan fingerprint density at radius 2 is 1.00 bits per heavy atom. The van der Waals surface area contributed by atoms with Crippen LogP contribution in [0.25, 0.3) is 0 Å². The Bertz CT molecular complexity index is 2390. The SMILES string of the molecule is CC(=O)O[C@H]1/C=C/[C@@H](C)[C@H](/C(C)=C/I)OC(=O)C[C@H](O)CC[C@@]1(C)O.CCC[CH2][Sn](/[CH]=C/[C@@H](C)[C@@H](O)[C@H]1O[C@@H]1[C@H](C)[C@H](CC)OC)([CH2]CCC)[CH2]CCC.CC[C@H](OC)[C@@H](C)[C@H]1O[C@@H]1[C@H](O)[C@H](C)/C=C/C=C(\C)[C@@H]1OC(=O)C[C@H](O)CC[C@@](C)(O)[C@@H](OC(C)=O)/C=C/[C@H]1C. The number of cyclic esters (lactones) is 2. The molecule has 20 heteroatoms. The minimum absolute atomic E-state index is 0.0274. The Morgan fingerprint density at radius 3 is 1.34 bits per heavy atom. The maximum atomic E-state index is 12.6. The van der Waals surface area contributed by atoms with Gasteiger partial charge in [-0.3, -0.25) is 19.2 Å². The van der Waals surface area contributed by atoms with Crippen LogP contribution >= 0.6 is 22.6 Å². The molecule has 0 spiro atoms. The van der Waals surface area contributed by atoms with E-state index in [4.69, 9.17) is 37.9 Å². The molecule has 0 aromatic rings. The van der Waals surface area contributed by atoms with Crippen LogP contribution in [0.4, 0.5) is 0 Å². The molecule has 2 saturated heterocycles. The molecule has 0 amide bonds. The predicted octanol–water partition coefficient (Wildman–Crippen LogP) is 13.1. The van der Waals surface area contributed by atoms with Gasteiger partial charge >= 0.3 is 210 Å². The fraction of sp³-hybridized carbons (Fsp3) is 0.784. The second-order valence-electron chi connectivity index (χ2n) is 28.0. The molecule has 18 nitrogen and oxygen atoms in total. The van der Waals surface area contributed by atoms with Gasteiger partial charge in [-0.2, -0.15) is 0 Å². The molecule has 4 aliphatic heterocycles. The zero-order valence-corrected chi connectivity index (χ0v) is 65.8. The molecule has 22 atom stereocenters. The minimum atomic E-state index is -2.27. The molecule has 0 saturated carbocycles. The molecule has 0 aliphatic carbocycles. The number of hydrogen-bond acceptors (Lipinski definition) is 18. The van der Waals surface area contributed by atoms with Crippen LogP contribution in [0.5, 0.6) is 0 Å². The van der Waals surface area contributed by atoms with Crippen LogP contribution in [0, 0.1) is 35.5 Å². The van der Waals surface area contributed by atoms with Gasteiger partial charge in [-0.05, 0) is 87.2 Å². The average molecular weight is 1550 g/mol. The van der Waals surface area contributed by atoms with Crippen molar-refractivity contribution in [3.05, 3.63) is 67.9 Å². The van der Waals surface area contributed by atoms with E-state index in [1.807, 2.05) is 56.9 Å². The molecular formula is C74H127IO18Sn. The van der Waals surface area contributed by atoms with E-state index in [1.54, 1.807) is 52.4 Å². The van der Waals surface area contributed by atoms with Gasteiger partial charge in [0.1, 0.15) is 41.7 Å². The minimum Gasteiger partial charge on any atom is -0.457 e. The van der Waals surface area contributed by atoms with E-state index in [-0.39, 0.29) is 105 Å². The molecule has 542 valence electrons. The van der Waals surface area contributed by atoms with Crippen molar-refractivity contribution in [2.24, 2.45) is 35.5 Å². The van der Waals surface area contributed by atoms with Gasteiger partial charge in [0.15, 0.2) is 0 Å². The van der Waals surface area contributed by atoms with Crippen molar-refractivity contribution < 1.29 is 87.7 Å². The fourth-order valence-electron chi connectivity index (χ4n) is 12.8. The average Bonchev–Trinajstić information content (AvgIpc) is 1.64. The molecule has 94 heavy (non-hydrogen) atoms. The molecule has 2 fully saturated rings. The maximum Gasteiger partial charge on any atom is 0.309 e. The van der Waals surface area contributed by atoms with Crippen LogP contribution in [0.3, 0.4) is 0 Å². The summed E-state index contributed by atoms with van der Waals surface area (Å²) < 4.78 is 53.7. The first-order chi connectivity index (χ1) is 44.2. The molecule has 4 rings (SSSR count). The van der Waals surface area contributed by atoms with Crippen LogP contribution in [0.1, 0.15) is 208 Å². The Kier molecular flexibility index (Phi) is 40.8. The molecule has 6 N–H and O–H groups in total. The number of methoxy groups -OCH3 is 2. The standard InChI is InChI=1S/C31H50O9.C18H27IO6.C13H23O3.3C4H9.Sn/c1-9-24(37-8)21(5)29-30(40-29)27(35)18(2)11-10-12-19(3)28-20(4)13-14-25(38-22(6)32)31(7,36)16-15-23(33)17-26(34)39-28;1-11-5-6-15(24-13(3)20)18(4,23)8-7-14(21)9-16(22)25-17(11)12(2)10-19;1-6-8(3)11(14)13-12(16-13)9(4)10(7-2)15-5;3*1-3-4-2;/h10-14,18,20-21,23-25,27-30,33,35-36H,9,15-17H2,1-8H3;5-6,10-11,14-15,17,21,23H,7-9H2,1-4H3;1,6,8-14H,7H2,2-5H3;3*1,3-4H2,2H3;/b11-10+,14-13+,19-12+;6-5+,12-10+;;;;;/t18-,20-,21-,23-,24+,25+,27-,28+,29-,30-,31-;11-,14-,15+,17-,18-;8-,9-,10+,11-,12-,13-;;;;/m111..../s1. The van der Waals surface area contributed by atoms with Crippen molar-refractivity contribution in [1.29, 1.82) is 0 Å². The van der Waals surface area contributed by atoms with E-state index in [0.717, 1.165) is 24.0 Å². The third-order valence-electron chi connectivity index (χ3n) is 19.4. The molecule has 0 unspecified atom stereocenters. The number of hydrogen-bond donors (Lipinski definition) is 6. The molecular weight excluding hydrogens is 1420 g/mol. The first-order valence-electron chi connectivity index (χ1n) is 35.1. The molecule has 0 aromatic heterocycles. The quantitative estimate of drug-likeness (QED) is 0.00773. The summed E-state index contributed by atoms with van der Waals surface area (Å²) in [6, 6.07) is 0. The molecule has 4 aliphatic rings. The number of ether oxygens (including phenoxy) is 8.